The average molecular weight is 285 g/mol. The molecule has 0 saturated carbocycles. The van der Waals surface area contributed by atoms with Crippen molar-refractivity contribution in [1.82, 2.24) is 0 Å². The second kappa shape index (κ2) is 6.12. The molecule has 0 aliphatic carbocycles. The highest BCUT2D eigenvalue weighted by atomic mass is 35.5. The summed E-state index contributed by atoms with van der Waals surface area (Å²) in [5.41, 5.74) is 6.12. The molecule has 1 amide bonds. The van der Waals surface area contributed by atoms with E-state index >= 15 is 0 Å². The summed E-state index contributed by atoms with van der Waals surface area (Å²) in [6.07, 6.45) is 1.26. The molecule has 1 aromatic carbocycles. The zero-order valence-electron chi connectivity index (χ0n) is 10.7. The molecule has 2 rings (SSSR count). The van der Waals surface area contributed by atoms with Gasteiger partial charge in [-0.05, 0) is 12.5 Å². The number of ether oxygens (including phenoxy) is 2. The second-order valence-corrected chi connectivity index (χ2v) is 4.85. The first-order valence-corrected chi connectivity index (χ1v) is 6.61. The van der Waals surface area contributed by atoms with Crippen LogP contribution in [0, 0.1) is 5.92 Å². The van der Waals surface area contributed by atoms with Gasteiger partial charge >= 0.3 is 0 Å². The predicted molar refractivity (Wildman–Crippen MR) is 73.7 cm³/mol. The van der Waals surface area contributed by atoms with E-state index in [9.17, 15) is 4.79 Å². The Bertz CT molecular complexity index is 475. The van der Waals surface area contributed by atoms with Crippen LogP contribution in [0.3, 0.4) is 0 Å². The standard InChI is InChI=1S/C13H17ClN2O3/c1-2-8(6-15)3-13(17)16-10-5-12-11(4-9(10)14)18-7-19-12/h4-5,8H,2-3,6-7,15H2,1H3,(H,16,17). The number of hydrogen-bond acceptors (Lipinski definition) is 4. The molecule has 0 saturated heterocycles. The molecule has 0 fully saturated rings. The van der Waals surface area contributed by atoms with E-state index in [1.54, 1.807) is 12.1 Å². The maximum absolute atomic E-state index is 11.9. The van der Waals surface area contributed by atoms with Gasteiger partial charge in [0.1, 0.15) is 0 Å². The average Bonchev–Trinajstić information content (AvgIpc) is 2.83. The Morgan fingerprint density at radius 3 is 2.79 bits per heavy atom. The first kappa shape index (κ1) is 14.0. The third-order valence-electron chi connectivity index (χ3n) is 3.12. The fourth-order valence-electron chi connectivity index (χ4n) is 1.87. The Morgan fingerprint density at radius 2 is 2.16 bits per heavy atom. The van der Waals surface area contributed by atoms with Crippen LogP contribution in [0.2, 0.25) is 5.02 Å². The molecule has 1 unspecified atom stereocenters. The van der Waals surface area contributed by atoms with E-state index in [4.69, 9.17) is 26.8 Å². The molecule has 1 atom stereocenters. The predicted octanol–water partition coefficient (Wildman–Crippen LogP) is 2.38. The van der Waals surface area contributed by atoms with Gasteiger partial charge < -0.3 is 20.5 Å². The van der Waals surface area contributed by atoms with Gasteiger partial charge in [-0.1, -0.05) is 24.9 Å². The van der Waals surface area contributed by atoms with E-state index in [0.717, 1.165) is 6.42 Å². The number of anilines is 1. The number of hydrogen-bond donors (Lipinski definition) is 2. The van der Waals surface area contributed by atoms with Crippen molar-refractivity contribution in [1.29, 1.82) is 0 Å². The van der Waals surface area contributed by atoms with Crippen LogP contribution < -0.4 is 20.5 Å². The summed E-state index contributed by atoms with van der Waals surface area (Å²) in [5, 5.41) is 3.21. The minimum atomic E-state index is -0.0990. The van der Waals surface area contributed by atoms with Gasteiger partial charge in [-0.3, -0.25) is 4.79 Å². The minimum absolute atomic E-state index is 0.0990. The van der Waals surface area contributed by atoms with Crippen LogP contribution >= 0.6 is 11.6 Å². The summed E-state index contributed by atoms with van der Waals surface area (Å²) in [4.78, 5) is 11.9. The highest BCUT2D eigenvalue weighted by molar-refractivity contribution is 6.34. The molecule has 0 aromatic heterocycles. The normalized spacial score (nSPS) is 14.3. The van der Waals surface area contributed by atoms with Crippen molar-refractivity contribution >= 4 is 23.2 Å². The van der Waals surface area contributed by atoms with Crippen molar-refractivity contribution in [2.75, 3.05) is 18.7 Å². The molecular weight excluding hydrogens is 268 g/mol. The number of carbonyl (C=O) groups is 1. The minimum Gasteiger partial charge on any atom is -0.454 e. The molecule has 0 bridgehead atoms. The van der Waals surface area contributed by atoms with Crippen LogP contribution in [0.25, 0.3) is 0 Å². The molecule has 1 heterocycles. The first-order valence-electron chi connectivity index (χ1n) is 6.23. The zero-order valence-corrected chi connectivity index (χ0v) is 11.5. The number of benzene rings is 1. The zero-order chi connectivity index (χ0) is 13.8. The largest absolute Gasteiger partial charge is 0.454 e. The van der Waals surface area contributed by atoms with E-state index in [1.165, 1.54) is 0 Å². The highest BCUT2D eigenvalue weighted by Gasteiger charge is 2.18. The summed E-state index contributed by atoms with van der Waals surface area (Å²) in [6.45, 7) is 2.69. The molecule has 1 aliphatic rings. The van der Waals surface area contributed by atoms with Gasteiger partial charge in [-0.2, -0.15) is 0 Å². The van der Waals surface area contributed by atoms with Crippen LogP contribution in [0.4, 0.5) is 5.69 Å². The third kappa shape index (κ3) is 3.30. The summed E-state index contributed by atoms with van der Waals surface area (Å²) < 4.78 is 10.4. The fraction of sp³-hybridized carbons (Fsp3) is 0.462. The van der Waals surface area contributed by atoms with Crippen molar-refractivity contribution in [2.45, 2.75) is 19.8 Å². The van der Waals surface area contributed by atoms with Gasteiger partial charge in [-0.15, -0.1) is 0 Å². The summed E-state index contributed by atoms with van der Waals surface area (Å²) in [7, 11) is 0. The lowest BCUT2D eigenvalue weighted by atomic mass is 10.0. The topological polar surface area (TPSA) is 73.6 Å². The molecule has 19 heavy (non-hydrogen) atoms. The monoisotopic (exact) mass is 284 g/mol. The molecule has 5 nitrogen and oxygen atoms in total. The third-order valence-corrected chi connectivity index (χ3v) is 3.43. The maximum atomic E-state index is 11.9. The Labute approximate surface area is 117 Å². The van der Waals surface area contributed by atoms with Crippen molar-refractivity contribution < 1.29 is 14.3 Å². The highest BCUT2D eigenvalue weighted by Crippen LogP contribution is 2.39. The summed E-state index contributed by atoms with van der Waals surface area (Å²) >= 11 is 6.08. The summed E-state index contributed by atoms with van der Waals surface area (Å²) in [6, 6.07) is 3.31. The van der Waals surface area contributed by atoms with Gasteiger partial charge in [-0.25, -0.2) is 0 Å². The molecular formula is C13H17ClN2O3. The lowest BCUT2D eigenvalue weighted by Gasteiger charge is -2.13. The molecule has 0 spiro atoms. The van der Waals surface area contributed by atoms with Crippen LogP contribution in [-0.4, -0.2) is 19.2 Å². The molecule has 1 aliphatic heterocycles. The first-order chi connectivity index (χ1) is 9.13. The lowest BCUT2D eigenvalue weighted by Crippen LogP contribution is -2.21. The van der Waals surface area contributed by atoms with Crippen LogP contribution in [0.1, 0.15) is 19.8 Å². The SMILES string of the molecule is CCC(CN)CC(=O)Nc1cc2c(cc1Cl)OCO2. The molecule has 0 radical (unpaired) electrons. The van der Waals surface area contributed by atoms with Gasteiger partial charge in [0.15, 0.2) is 11.5 Å². The van der Waals surface area contributed by atoms with E-state index < -0.39 is 0 Å². The molecule has 3 N–H and O–H groups in total. The number of halogens is 1. The quantitative estimate of drug-likeness (QED) is 0.871. The number of carbonyl (C=O) groups excluding carboxylic acids is 1. The number of rotatable bonds is 5. The van der Waals surface area contributed by atoms with Crippen LogP contribution in [0.5, 0.6) is 11.5 Å². The van der Waals surface area contributed by atoms with E-state index in [-0.39, 0.29) is 18.6 Å². The van der Waals surface area contributed by atoms with Crippen LogP contribution in [-0.2, 0) is 4.79 Å². The van der Waals surface area contributed by atoms with Gasteiger partial charge in [0, 0.05) is 18.6 Å². The van der Waals surface area contributed by atoms with Gasteiger partial charge in [0.2, 0.25) is 12.7 Å². The Balaban J connectivity index is 2.05. The lowest BCUT2D eigenvalue weighted by molar-refractivity contribution is -0.117. The number of amides is 1. The molecule has 104 valence electrons. The van der Waals surface area contributed by atoms with Crippen molar-refractivity contribution in [3.05, 3.63) is 17.2 Å². The van der Waals surface area contributed by atoms with Crippen LogP contribution in [0.15, 0.2) is 12.1 Å². The van der Waals surface area contributed by atoms with Crippen molar-refractivity contribution in [2.24, 2.45) is 11.7 Å². The van der Waals surface area contributed by atoms with Gasteiger partial charge in [0.05, 0.1) is 10.7 Å². The number of nitrogens with one attached hydrogen (secondary N) is 1. The molecule has 1 aromatic rings. The Hall–Kier alpha value is -1.46. The van der Waals surface area contributed by atoms with Crippen molar-refractivity contribution in [3.8, 4) is 11.5 Å². The number of nitrogens with two attached hydrogens (primary N) is 1. The van der Waals surface area contributed by atoms with Crippen molar-refractivity contribution in [3.63, 3.8) is 0 Å². The number of fused-ring (bicyclic) bond motifs is 1. The molecule has 6 heteroatoms. The van der Waals surface area contributed by atoms with E-state index in [0.29, 0.717) is 35.2 Å². The Morgan fingerprint density at radius 1 is 1.47 bits per heavy atom. The Kier molecular flexibility index (Phi) is 4.50. The fourth-order valence-corrected chi connectivity index (χ4v) is 2.07. The summed E-state index contributed by atoms with van der Waals surface area (Å²) in [5.74, 6) is 1.27. The van der Waals surface area contributed by atoms with E-state index in [1.807, 2.05) is 6.92 Å². The van der Waals surface area contributed by atoms with Gasteiger partial charge in [0.25, 0.3) is 0 Å². The maximum Gasteiger partial charge on any atom is 0.231 e. The second-order valence-electron chi connectivity index (χ2n) is 4.45. The van der Waals surface area contributed by atoms with E-state index in [2.05, 4.69) is 5.32 Å². The smallest absolute Gasteiger partial charge is 0.231 e.